The average molecular weight is 228 g/mol. The van der Waals surface area contributed by atoms with Crippen LogP contribution in [-0.2, 0) is 0 Å². The van der Waals surface area contributed by atoms with Crippen LogP contribution in [0.25, 0.3) is 5.69 Å². The van der Waals surface area contributed by atoms with Crippen molar-refractivity contribution in [2.75, 3.05) is 0 Å². The number of para-hydroxylation sites is 1. The Balaban J connectivity index is 2.14. The Kier molecular flexibility index (Phi) is 2.21. The number of carboxylic acid groups (broad SMARTS) is 1. The van der Waals surface area contributed by atoms with Gasteiger partial charge in [0.05, 0.1) is 11.3 Å². The van der Waals surface area contributed by atoms with E-state index in [0.717, 1.165) is 5.69 Å². The van der Waals surface area contributed by atoms with E-state index in [1.54, 1.807) is 29.1 Å². The summed E-state index contributed by atoms with van der Waals surface area (Å²) in [5.74, 6) is -0.378. The van der Waals surface area contributed by atoms with Crippen LogP contribution in [0.15, 0.2) is 36.5 Å². The molecule has 2 aromatic rings. The first-order valence-electron chi connectivity index (χ1n) is 5.64. The van der Waals surface area contributed by atoms with Gasteiger partial charge in [-0.15, -0.1) is 0 Å². The van der Waals surface area contributed by atoms with Gasteiger partial charge in [-0.2, -0.15) is 5.10 Å². The molecule has 1 N–H and O–H groups in total. The molecular weight excluding hydrogens is 216 g/mol. The maximum Gasteiger partial charge on any atom is 0.337 e. The van der Waals surface area contributed by atoms with Gasteiger partial charge >= 0.3 is 5.97 Å². The summed E-state index contributed by atoms with van der Waals surface area (Å²) in [5.41, 5.74) is 2.05. The molecule has 3 rings (SSSR count). The van der Waals surface area contributed by atoms with Gasteiger partial charge in [0.2, 0.25) is 0 Å². The first kappa shape index (κ1) is 10.1. The number of aromatic nitrogens is 2. The molecule has 0 atom stereocenters. The lowest BCUT2D eigenvalue weighted by Gasteiger charge is -2.09. The summed E-state index contributed by atoms with van der Waals surface area (Å²) in [7, 11) is 0. The molecule has 4 nitrogen and oxygen atoms in total. The highest BCUT2D eigenvalue weighted by atomic mass is 16.4. The predicted octanol–water partition coefficient (Wildman–Crippen LogP) is 2.45. The van der Waals surface area contributed by atoms with Crippen molar-refractivity contribution in [2.24, 2.45) is 0 Å². The Morgan fingerprint density at radius 3 is 2.76 bits per heavy atom. The predicted molar refractivity (Wildman–Crippen MR) is 62.5 cm³/mol. The largest absolute Gasteiger partial charge is 0.478 e. The minimum atomic E-state index is -0.919. The first-order chi connectivity index (χ1) is 8.27. The smallest absolute Gasteiger partial charge is 0.337 e. The van der Waals surface area contributed by atoms with Gasteiger partial charge in [0.1, 0.15) is 0 Å². The van der Waals surface area contributed by atoms with E-state index in [1.165, 1.54) is 12.8 Å². The molecule has 4 heteroatoms. The first-order valence-corrected chi connectivity index (χ1v) is 5.64. The van der Waals surface area contributed by atoms with Crippen molar-refractivity contribution < 1.29 is 9.90 Å². The van der Waals surface area contributed by atoms with Gasteiger partial charge in [-0.05, 0) is 31.0 Å². The topological polar surface area (TPSA) is 55.1 Å². The lowest BCUT2D eigenvalue weighted by molar-refractivity contribution is 0.0696. The molecule has 1 fully saturated rings. The van der Waals surface area contributed by atoms with E-state index in [1.807, 2.05) is 12.1 Å². The van der Waals surface area contributed by atoms with Crippen molar-refractivity contribution in [2.45, 2.75) is 18.8 Å². The molecule has 0 bridgehead atoms. The number of carbonyl (C=O) groups is 1. The molecule has 17 heavy (non-hydrogen) atoms. The third-order valence-electron chi connectivity index (χ3n) is 3.03. The summed E-state index contributed by atoms with van der Waals surface area (Å²) in [6.07, 6.45) is 4.06. The van der Waals surface area contributed by atoms with Gasteiger partial charge in [0.15, 0.2) is 0 Å². The number of rotatable bonds is 3. The Bertz CT molecular complexity index is 570. The lowest BCUT2D eigenvalue weighted by Crippen LogP contribution is -2.08. The van der Waals surface area contributed by atoms with E-state index < -0.39 is 5.97 Å². The van der Waals surface area contributed by atoms with Crippen LogP contribution < -0.4 is 0 Å². The molecule has 0 aliphatic heterocycles. The number of carboxylic acids is 1. The van der Waals surface area contributed by atoms with Gasteiger partial charge in [-0.1, -0.05) is 12.1 Å². The highest BCUT2D eigenvalue weighted by Crippen LogP contribution is 2.40. The summed E-state index contributed by atoms with van der Waals surface area (Å²) in [4.78, 5) is 11.2. The maximum atomic E-state index is 11.2. The second-order valence-corrected chi connectivity index (χ2v) is 4.26. The Morgan fingerprint density at radius 2 is 2.06 bits per heavy atom. The number of hydrogen-bond donors (Lipinski definition) is 1. The molecule has 0 saturated heterocycles. The van der Waals surface area contributed by atoms with Gasteiger partial charge in [0.25, 0.3) is 0 Å². The van der Waals surface area contributed by atoms with Crippen molar-refractivity contribution in [3.8, 4) is 5.69 Å². The van der Waals surface area contributed by atoms with Crippen LogP contribution in [0.2, 0.25) is 0 Å². The van der Waals surface area contributed by atoms with E-state index in [4.69, 9.17) is 5.11 Å². The van der Waals surface area contributed by atoms with E-state index in [9.17, 15) is 4.79 Å². The summed E-state index contributed by atoms with van der Waals surface area (Å²) in [6.45, 7) is 0. The zero-order valence-electron chi connectivity index (χ0n) is 9.21. The van der Waals surface area contributed by atoms with Crippen LogP contribution in [0.1, 0.15) is 34.8 Å². The molecule has 1 saturated carbocycles. The number of aromatic carboxylic acids is 1. The van der Waals surface area contributed by atoms with Crippen LogP contribution >= 0.6 is 0 Å². The third kappa shape index (κ3) is 1.71. The van der Waals surface area contributed by atoms with Crippen molar-refractivity contribution in [3.05, 3.63) is 47.8 Å². The Hall–Kier alpha value is -2.10. The fourth-order valence-corrected chi connectivity index (χ4v) is 2.04. The highest BCUT2D eigenvalue weighted by molar-refractivity contribution is 5.91. The van der Waals surface area contributed by atoms with Crippen LogP contribution in [0.3, 0.4) is 0 Å². The molecule has 0 unspecified atom stereocenters. The second-order valence-electron chi connectivity index (χ2n) is 4.26. The zero-order chi connectivity index (χ0) is 11.8. The summed E-state index contributed by atoms with van der Waals surface area (Å²) < 4.78 is 1.75. The van der Waals surface area contributed by atoms with Crippen LogP contribution in [-0.4, -0.2) is 20.9 Å². The molecule has 1 aliphatic rings. The molecule has 1 aromatic heterocycles. The second kappa shape index (κ2) is 3.73. The average Bonchev–Trinajstić information content (AvgIpc) is 3.07. The normalized spacial score (nSPS) is 14.8. The van der Waals surface area contributed by atoms with Crippen molar-refractivity contribution in [1.29, 1.82) is 0 Å². The third-order valence-corrected chi connectivity index (χ3v) is 3.03. The molecule has 0 spiro atoms. The molecule has 0 amide bonds. The van der Waals surface area contributed by atoms with Gasteiger partial charge < -0.3 is 5.11 Å². The molecule has 1 aromatic carbocycles. The summed E-state index contributed by atoms with van der Waals surface area (Å²) in [5, 5.41) is 13.4. The van der Waals surface area contributed by atoms with Crippen molar-refractivity contribution >= 4 is 5.97 Å². The minimum Gasteiger partial charge on any atom is -0.478 e. The lowest BCUT2D eigenvalue weighted by atomic mass is 10.1. The fraction of sp³-hybridized carbons (Fsp3) is 0.231. The van der Waals surface area contributed by atoms with Gasteiger partial charge in [-0.25, -0.2) is 9.48 Å². The van der Waals surface area contributed by atoms with E-state index >= 15 is 0 Å². The van der Waals surface area contributed by atoms with E-state index in [0.29, 0.717) is 11.6 Å². The molecule has 86 valence electrons. The Morgan fingerprint density at radius 1 is 1.29 bits per heavy atom. The van der Waals surface area contributed by atoms with Crippen LogP contribution in [0.5, 0.6) is 0 Å². The molecule has 0 radical (unpaired) electrons. The standard InChI is InChI=1S/C13H12N2O2/c16-13(17)10-3-1-2-4-12(10)15-11(7-8-14-15)9-5-6-9/h1-4,7-9H,5-6H2,(H,16,17). The number of benzene rings is 1. The molecule has 1 heterocycles. The zero-order valence-corrected chi connectivity index (χ0v) is 9.21. The van der Waals surface area contributed by atoms with Crippen molar-refractivity contribution in [1.82, 2.24) is 9.78 Å². The van der Waals surface area contributed by atoms with Crippen LogP contribution in [0, 0.1) is 0 Å². The summed E-state index contributed by atoms with van der Waals surface area (Å²) >= 11 is 0. The Labute approximate surface area is 98.5 Å². The monoisotopic (exact) mass is 228 g/mol. The van der Waals surface area contributed by atoms with E-state index in [2.05, 4.69) is 5.10 Å². The minimum absolute atomic E-state index is 0.290. The maximum absolute atomic E-state index is 11.2. The van der Waals surface area contributed by atoms with Crippen molar-refractivity contribution in [3.63, 3.8) is 0 Å². The van der Waals surface area contributed by atoms with Crippen LogP contribution in [0.4, 0.5) is 0 Å². The number of hydrogen-bond acceptors (Lipinski definition) is 2. The number of nitrogens with zero attached hydrogens (tertiary/aromatic N) is 2. The SMILES string of the molecule is O=C(O)c1ccccc1-n1nccc1C1CC1. The van der Waals surface area contributed by atoms with E-state index in [-0.39, 0.29) is 5.56 Å². The quantitative estimate of drug-likeness (QED) is 0.877. The molecule has 1 aliphatic carbocycles. The van der Waals surface area contributed by atoms with Gasteiger partial charge in [-0.3, -0.25) is 0 Å². The fourth-order valence-electron chi connectivity index (χ4n) is 2.04. The highest BCUT2D eigenvalue weighted by Gasteiger charge is 2.28. The van der Waals surface area contributed by atoms with Gasteiger partial charge in [0, 0.05) is 17.8 Å². The molecular formula is C13H12N2O2. The summed E-state index contributed by atoms with van der Waals surface area (Å²) in [6, 6.07) is 8.93.